The first-order valence-electron chi connectivity index (χ1n) is 21.5. The lowest BCUT2D eigenvalue weighted by molar-refractivity contribution is -0.167. The number of hydrogen-bond acceptors (Lipinski definition) is 6. The number of ether oxygens (including phenoxy) is 3. The minimum absolute atomic E-state index is 0.0641. The molecule has 0 aliphatic rings. The highest BCUT2D eigenvalue weighted by molar-refractivity contribution is 5.71. The Labute approximate surface area is 304 Å². The molecule has 6 nitrogen and oxygen atoms in total. The molecule has 0 amide bonds. The van der Waals surface area contributed by atoms with Crippen LogP contribution < -0.4 is 0 Å². The van der Waals surface area contributed by atoms with Gasteiger partial charge in [0.15, 0.2) is 6.10 Å². The fourth-order valence-corrected chi connectivity index (χ4v) is 6.32. The zero-order valence-corrected chi connectivity index (χ0v) is 33.0. The van der Waals surface area contributed by atoms with Crippen LogP contribution in [-0.4, -0.2) is 37.2 Å². The Bertz CT molecular complexity index is 723. The molecule has 1 atom stereocenters. The van der Waals surface area contributed by atoms with Crippen LogP contribution in [0.15, 0.2) is 0 Å². The number of carbonyl (C=O) groups is 3. The van der Waals surface area contributed by atoms with E-state index in [0.29, 0.717) is 19.3 Å². The molecule has 0 aliphatic carbocycles. The van der Waals surface area contributed by atoms with E-state index in [0.717, 1.165) is 64.2 Å². The van der Waals surface area contributed by atoms with Crippen molar-refractivity contribution in [2.75, 3.05) is 13.2 Å². The second kappa shape index (κ2) is 39.2. The van der Waals surface area contributed by atoms with Gasteiger partial charge in [-0.1, -0.05) is 201 Å². The number of unbranched alkanes of at least 4 members (excludes halogenated alkanes) is 28. The molecule has 0 saturated carbocycles. The molecule has 0 unspecified atom stereocenters. The standard InChI is InChI=1S/C43H82O6/c1-4-7-10-13-15-17-19-21-22-24-25-27-30-33-36-42(45)48-39-40(38-47-41(44)35-32-29-12-9-6-3)49-43(46)37-34-31-28-26-23-20-18-16-14-11-8-5-2/h40H,4-39H2,1-3H3/t40-/m0/s1. The molecule has 49 heavy (non-hydrogen) atoms. The fraction of sp³-hybridized carbons (Fsp3) is 0.930. The van der Waals surface area contributed by atoms with Crippen LogP contribution in [0.1, 0.15) is 239 Å². The van der Waals surface area contributed by atoms with Gasteiger partial charge in [-0.15, -0.1) is 0 Å². The summed E-state index contributed by atoms with van der Waals surface area (Å²) in [6.07, 6.45) is 38.2. The van der Waals surface area contributed by atoms with Gasteiger partial charge in [-0.2, -0.15) is 0 Å². The molecule has 0 rings (SSSR count). The van der Waals surface area contributed by atoms with Crippen molar-refractivity contribution in [1.29, 1.82) is 0 Å². The SMILES string of the molecule is CCCCCCCCCCCCCCCCC(=O)OC[C@H](COC(=O)CCCCCCC)OC(=O)CCCCCCCCCCCCCC. The van der Waals surface area contributed by atoms with Crippen LogP contribution in [0.3, 0.4) is 0 Å². The van der Waals surface area contributed by atoms with E-state index in [-0.39, 0.29) is 31.1 Å². The molecule has 0 N–H and O–H groups in total. The normalized spacial score (nSPS) is 11.8. The van der Waals surface area contributed by atoms with E-state index in [9.17, 15) is 14.4 Å². The third kappa shape index (κ3) is 37.5. The average Bonchev–Trinajstić information content (AvgIpc) is 3.09. The highest BCUT2D eigenvalue weighted by atomic mass is 16.6. The van der Waals surface area contributed by atoms with Gasteiger partial charge >= 0.3 is 17.9 Å². The molecular weight excluding hydrogens is 612 g/mol. The van der Waals surface area contributed by atoms with E-state index >= 15 is 0 Å². The Morgan fingerprint density at radius 2 is 0.551 bits per heavy atom. The molecular formula is C43H82O6. The van der Waals surface area contributed by atoms with Crippen LogP contribution in [0.25, 0.3) is 0 Å². The van der Waals surface area contributed by atoms with E-state index < -0.39 is 6.10 Å². The van der Waals surface area contributed by atoms with Gasteiger partial charge in [0.1, 0.15) is 13.2 Å². The maximum atomic E-state index is 12.6. The maximum absolute atomic E-state index is 12.6. The number of hydrogen-bond donors (Lipinski definition) is 0. The van der Waals surface area contributed by atoms with Crippen LogP contribution in [0, 0.1) is 0 Å². The summed E-state index contributed by atoms with van der Waals surface area (Å²) in [7, 11) is 0. The van der Waals surface area contributed by atoms with E-state index in [4.69, 9.17) is 14.2 Å². The zero-order valence-electron chi connectivity index (χ0n) is 33.0. The van der Waals surface area contributed by atoms with Gasteiger partial charge in [-0.25, -0.2) is 0 Å². The van der Waals surface area contributed by atoms with Gasteiger partial charge in [0.05, 0.1) is 0 Å². The number of rotatable bonds is 39. The van der Waals surface area contributed by atoms with Crippen LogP contribution >= 0.6 is 0 Å². The zero-order chi connectivity index (χ0) is 35.9. The minimum atomic E-state index is -0.755. The molecule has 0 aromatic rings. The fourth-order valence-electron chi connectivity index (χ4n) is 6.32. The van der Waals surface area contributed by atoms with Crippen LogP contribution in [0.5, 0.6) is 0 Å². The molecule has 0 aromatic heterocycles. The molecule has 0 spiro atoms. The van der Waals surface area contributed by atoms with E-state index in [2.05, 4.69) is 20.8 Å². The topological polar surface area (TPSA) is 78.9 Å². The summed E-state index contributed by atoms with van der Waals surface area (Å²) in [5.74, 6) is -0.869. The summed E-state index contributed by atoms with van der Waals surface area (Å²) in [6.45, 7) is 6.56. The second-order valence-electron chi connectivity index (χ2n) is 14.6. The third-order valence-electron chi connectivity index (χ3n) is 9.61. The molecule has 0 heterocycles. The quantitative estimate of drug-likeness (QED) is 0.0362. The van der Waals surface area contributed by atoms with Crippen molar-refractivity contribution < 1.29 is 28.6 Å². The van der Waals surface area contributed by atoms with Gasteiger partial charge in [-0.3, -0.25) is 14.4 Å². The molecule has 0 aromatic carbocycles. The van der Waals surface area contributed by atoms with Crippen molar-refractivity contribution >= 4 is 17.9 Å². The smallest absolute Gasteiger partial charge is 0.306 e. The van der Waals surface area contributed by atoms with Gasteiger partial charge in [0, 0.05) is 19.3 Å². The van der Waals surface area contributed by atoms with Gasteiger partial charge in [-0.05, 0) is 19.3 Å². The second-order valence-corrected chi connectivity index (χ2v) is 14.6. The Kier molecular flexibility index (Phi) is 37.9. The summed E-state index contributed by atoms with van der Waals surface area (Å²) >= 11 is 0. The lowest BCUT2D eigenvalue weighted by atomic mass is 10.0. The first-order chi connectivity index (χ1) is 24.0. The molecule has 0 radical (unpaired) electrons. The van der Waals surface area contributed by atoms with Crippen LogP contribution in [-0.2, 0) is 28.6 Å². The number of carbonyl (C=O) groups excluding carboxylic acids is 3. The van der Waals surface area contributed by atoms with Crippen LogP contribution in [0.4, 0.5) is 0 Å². The number of esters is 3. The first kappa shape index (κ1) is 47.4. The summed E-state index contributed by atoms with van der Waals surface area (Å²) in [5, 5.41) is 0. The summed E-state index contributed by atoms with van der Waals surface area (Å²) in [5.41, 5.74) is 0. The predicted octanol–water partition coefficient (Wildman–Crippen LogP) is 13.3. The highest BCUT2D eigenvalue weighted by Gasteiger charge is 2.19. The Morgan fingerprint density at radius 3 is 0.816 bits per heavy atom. The first-order valence-corrected chi connectivity index (χ1v) is 21.5. The van der Waals surface area contributed by atoms with Crippen molar-refractivity contribution in [1.82, 2.24) is 0 Å². The molecule has 0 bridgehead atoms. The third-order valence-corrected chi connectivity index (χ3v) is 9.61. The van der Waals surface area contributed by atoms with Crippen molar-refractivity contribution in [2.45, 2.75) is 245 Å². The Hall–Kier alpha value is -1.59. The molecule has 0 saturated heterocycles. The molecule has 0 aliphatic heterocycles. The Morgan fingerprint density at radius 1 is 0.327 bits per heavy atom. The molecule has 6 heteroatoms. The summed E-state index contributed by atoms with van der Waals surface area (Å²) in [6, 6.07) is 0. The largest absolute Gasteiger partial charge is 0.462 e. The van der Waals surface area contributed by atoms with Crippen LogP contribution in [0.2, 0.25) is 0 Å². The molecule has 0 fully saturated rings. The van der Waals surface area contributed by atoms with Gasteiger partial charge in [0.25, 0.3) is 0 Å². The maximum Gasteiger partial charge on any atom is 0.306 e. The predicted molar refractivity (Wildman–Crippen MR) is 206 cm³/mol. The lowest BCUT2D eigenvalue weighted by Gasteiger charge is -2.18. The van der Waals surface area contributed by atoms with E-state index in [1.165, 1.54) is 135 Å². The minimum Gasteiger partial charge on any atom is -0.462 e. The van der Waals surface area contributed by atoms with Crippen molar-refractivity contribution in [3.8, 4) is 0 Å². The monoisotopic (exact) mass is 695 g/mol. The average molecular weight is 695 g/mol. The summed E-state index contributed by atoms with van der Waals surface area (Å²) < 4.78 is 16.6. The van der Waals surface area contributed by atoms with Gasteiger partial charge < -0.3 is 14.2 Å². The summed E-state index contributed by atoms with van der Waals surface area (Å²) in [4.78, 5) is 37.3. The van der Waals surface area contributed by atoms with Gasteiger partial charge in [0.2, 0.25) is 0 Å². The van der Waals surface area contributed by atoms with E-state index in [1.807, 2.05) is 0 Å². The molecule has 290 valence electrons. The lowest BCUT2D eigenvalue weighted by Crippen LogP contribution is -2.30. The Balaban J connectivity index is 4.20. The van der Waals surface area contributed by atoms with E-state index in [1.54, 1.807) is 0 Å². The van der Waals surface area contributed by atoms with Crippen molar-refractivity contribution in [2.24, 2.45) is 0 Å². The highest BCUT2D eigenvalue weighted by Crippen LogP contribution is 2.15. The van der Waals surface area contributed by atoms with Crippen molar-refractivity contribution in [3.63, 3.8) is 0 Å². The van der Waals surface area contributed by atoms with Crippen molar-refractivity contribution in [3.05, 3.63) is 0 Å².